The monoisotopic (exact) mass is 371 g/mol. The van der Waals surface area contributed by atoms with Gasteiger partial charge in [-0.15, -0.1) is 0 Å². The van der Waals surface area contributed by atoms with Crippen molar-refractivity contribution in [1.82, 2.24) is 0 Å². The summed E-state index contributed by atoms with van der Waals surface area (Å²) in [6.45, 7) is 5.23. The molecule has 0 fully saturated rings. The molecule has 27 heavy (non-hydrogen) atoms. The maximum absolute atomic E-state index is 14.4. The van der Waals surface area contributed by atoms with Gasteiger partial charge in [-0.25, -0.2) is 9.18 Å². The molecule has 5 nitrogen and oxygen atoms in total. The molecule has 2 aromatic carbocycles. The Morgan fingerprint density at radius 3 is 2.63 bits per heavy atom. The maximum Gasteiger partial charge on any atom is 0.412 e. The minimum Gasteiger partial charge on any atom is -0.496 e. The number of hydrogen-bond donors (Lipinski definition) is 1. The molecule has 0 saturated heterocycles. The van der Waals surface area contributed by atoms with Gasteiger partial charge < -0.3 is 13.9 Å². The zero-order valence-corrected chi connectivity index (χ0v) is 15.8. The van der Waals surface area contributed by atoms with E-state index in [1.807, 2.05) is 24.3 Å². The number of para-hydroxylation sites is 1. The normalized spacial score (nSPS) is 11.4. The third-order valence-electron chi connectivity index (χ3n) is 3.95. The number of amides is 1. The molecule has 6 heteroatoms. The number of hydrogen-bond acceptors (Lipinski definition) is 4. The van der Waals surface area contributed by atoms with Crippen molar-refractivity contribution in [2.75, 3.05) is 12.4 Å². The largest absolute Gasteiger partial charge is 0.496 e. The van der Waals surface area contributed by atoms with E-state index in [0.29, 0.717) is 12.2 Å². The average Bonchev–Trinajstić information content (AvgIpc) is 2.99. The second-order valence-corrected chi connectivity index (χ2v) is 7.20. The number of ether oxygens (including phenoxy) is 2. The SMILES string of the molecule is COc1cc(F)c(NC(=O)OC(C)(C)C)cc1Cc1coc2ccccc12. The fraction of sp³-hybridized carbons (Fsp3) is 0.286. The Bertz CT molecular complexity index is 972. The van der Waals surface area contributed by atoms with Gasteiger partial charge in [0.05, 0.1) is 19.1 Å². The first-order valence-electron chi connectivity index (χ1n) is 8.58. The van der Waals surface area contributed by atoms with Crippen molar-refractivity contribution in [3.8, 4) is 5.75 Å². The second-order valence-electron chi connectivity index (χ2n) is 7.20. The molecule has 142 valence electrons. The molecular formula is C21H22FNO4. The zero-order chi connectivity index (χ0) is 19.6. The molecule has 0 aliphatic carbocycles. The Labute approximate surface area is 157 Å². The second kappa shape index (κ2) is 7.31. The van der Waals surface area contributed by atoms with Gasteiger partial charge in [0.25, 0.3) is 0 Å². The summed E-state index contributed by atoms with van der Waals surface area (Å²) in [4.78, 5) is 12.0. The quantitative estimate of drug-likeness (QED) is 0.656. The molecule has 1 heterocycles. The third-order valence-corrected chi connectivity index (χ3v) is 3.95. The molecule has 0 aliphatic rings. The summed E-state index contributed by atoms with van der Waals surface area (Å²) in [5.41, 5.74) is 1.80. The van der Waals surface area contributed by atoms with Crippen LogP contribution in [0.1, 0.15) is 31.9 Å². The maximum atomic E-state index is 14.4. The highest BCUT2D eigenvalue weighted by atomic mass is 19.1. The number of benzene rings is 2. The summed E-state index contributed by atoms with van der Waals surface area (Å²) >= 11 is 0. The number of anilines is 1. The third kappa shape index (κ3) is 4.39. The fourth-order valence-corrected chi connectivity index (χ4v) is 2.81. The van der Waals surface area contributed by atoms with E-state index >= 15 is 0 Å². The average molecular weight is 371 g/mol. The lowest BCUT2D eigenvalue weighted by atomic mass is 10.0. The van der Waals surface area contributed by atoms with Crippen molar-refractivity contribution in [3.63, 3.8) is 0 Å². The van der Waals surface area contributed by atoms with Crippen LogP contribution in [0.4, 0.5) is 14.9 Å². The van der Waals surface area contributed by atoms with E-state index in [9.17, 15) is 9.18 Å². The molecule has 0 radical (unpaired) electrons. The van der Waals surface area contributed by atoms with Crippen LogP contribution in [-0.2, 0) is 11.2 Å². The van der Waals surface area contributed by atoms with Crippen molar-refractivity contribution in [1.29, 1.82) is 0 Å². The Hall–Kier alpha value is -3.02. The first-order valence-corrected chi connectivity index (χ1v) is 8.58. The molecule has 0 aliphatic heterocycles. The van der Waals surface area contributed by atoms with Gasteiger partial charge in [-0.3, -0.25) is 5.32 Å². The van der Waals surface area contributed by atoms with Gasteiger partial charge in [0, 0.05) is 29.0 Å². The van der Waals surface area contributed by atoms with E-state index in [-0.39, 0.29) is 5.69 Å². The number of nitrogens with one attached hydrogen (secondary N) is 1. The van der Waals surface area contributed by atoms with Crippen LogP contribution in [0, 0.1) is 5.82 Å². The van der Waals surface area contributed by atoms with Gasteiger partial charge in [-0.2, -0.15) is 0 Å². The molecule has 1 aromatic heterocycles. The van der Waals surface area contributed by atoms with E-state index in [0.717, 1.165) is 22.1 Å². The van der Waals surface area contributed by atoms with E-state index in [4.69, 9.17) is 13.9 Å². The fourth-order valence-electron chi connectivity index (χ4n) is 2.81. The predicted octanol–water partition coefficient (Wildman–Crippen LogP) is 5.52. The molecular weight excluding hydrogens is 349 g/mol. The standard InChI is InChI=1S/C21H22FNO4/c1-21(2,3)27-20(24)23-17-10-13(19(25-4)11-16(17)22)9-14-12-26-18-8-6-5-7-15(14)18/h5-8,10-12H,9H2,1-4H3,(H,23,24). The van der Waals surface area contributed by atoms with Crippen LogP contribution < -0.4 is 10.1 Å². The number of furan rings is 1. The van der Waals surface area contributed by atoms with Gasteiger partial charge >= 0.3 is 6.09 Å². The van der Waals surface area contributed by atoms with Crippen molar-refractivity contribution >= 4 is 22.7 Å². The topological polar surface area (TPSA) is 60.7 Å². The smallest absolute Gasteiger partial charge is 0.412 e. The minimum absolute atomic E-state index is 0.0350. The van der Waals surface area contributed by atoms with Crippen LogP contribution in [0.5, 0.6) is 5.75 Å². The number of rotatable bonds is 4. The first kappa shape index (κ1) is 18.8. The Morgan fingerprint density at radius 2 is 1.93 bits per heavy atom. The molecule has 0 bridgehead atoms. The number of methoxy groups -OCH3 is 1. The van der Waals surface area contributed by atoms with Gasteiger partial charge in [-0.1, -0.05) is 18.2 Å². The van der Waals surface area contributed by atoms with Crippen LogP contribution in [0.2, 0.25) is 0 Å². The molecule has 0 unspecified atom stereocenters. The molecule has 0 spiro atoms. The summed E-state index contributed by atoms with van der Waals surface area (Å²) in [7, 11) is 1.48. The van der Waals surface area contributed by atoms with Crippen molar-refractivity contribution in [2.45, 2.75) is 32.8 Å². The highest BCUT2D eigenvalue weighted by Crippen LogP contribution is 2.31. The molecule has 1 N–H and O–H groups in total. The lowest BCUT2D eigenvalue weighted by molar-refractivity contribution is 0.0635. The number of carbonyl (C=O) groups excluding carboxylic acids is 1. The summed E-state index contributed by atoms with van der Waals surface area (Å²) in [5, 5.41) is 3.44. The lowest BCUT2D eigenvalue weighted by Crippen LogP contribution is -2.27. The van der Waals surface area contributed by atoms with E-state index in [1.54, 1.807) is 33.1 Å². The van der Waals surface area contributed by atoms with Gasteiger partial charge in [0.2, 0.25) is 0 Å². The highest BCUT2D eigenvalue weighted by Gasteiger charge is 2.19. The summed E-state index contributed by atoms with van der Waals surface area (Å²) < 4.78 is 30.4. The molecule has 0 saturated carbocycles. The number of carbonyl (C=O) groups is 1. The molecule has 3 rings (SSSR count). The zero-order valence-electron chi connectivity index (χ0n) is 15.8. The van der Waals surface area contributed by atoms with E-state index < -0.39 is 17.5 Å². The van der Waals surface area contributed by atoms with Gasteiger partial charge in [0.1, 0.15) is 16.9 Å². The Balaban J connectivity index is 1.91. The summed E-state index contributed by atoms with van der Waals surface area (Å²) in [6, 6.07) is 10.5. The van der Waals surface area contributed by atoms with Crippen molar-refractivity contribution in [3.05, 3.63) is 59.6 Å². The first-order chi connectivity index (χ1) is 12.8. The van der Waals surface area contributed by atoms with Crippen LogP contribution in [0.15, 0.2) is 47.1 Å². The predicted molar refractivity (Wildman–Crippen MR) is 102 cm³/mol. The van der Waals surface area contributed by atoms with Crippen LogP contribution in [0.25, 0.3) is 11.0 Å². The molecule has 1 amide bonds. The van der Waals surface area contributed by atoms with Crippen molar-refractivity contribution in [2.24, 2.45) is 0 Å². The summed E-state index contributed by atoms with van der Waals surface area (Å²) in [6.07, 6.45) is 1.42. The van der Waals surface area contributed by atoms with E-state index in [2.05, 4.69) is 5.32 Å². The van der Waals surface area contributed by atoms with Crippen molar-refractivity contribution < 1.29 is 23.1 Å². The molecule has 0 atom stereocenters. The number of halogens is 1. The van der Waals surface area contributed by atoms with Crippen LogP contribution in [0.3, 0.4) is 0 Å². The minimum atomic E-state index is -0.716. The Kier molecular flexibility index (Phi) is 5.08. The van der Waals surface area contributed by atoms with E-state index in [1.165, 1.54) is 13.2 Å². The Morgan fingerprint density at radius 1 is 1.19 bits per heavy atom. The number of fused-ring (bicyclic) bond motifs is 1. The highest BCUT2D eigenvalue weighted by molar-refractivity contribution is 5.86. The van der Waals surface area contributed by atoms with Crippen LogP contribution in [-0.4, -0.2) is 18.8 Å². The van der Waals surface area contributed by atoms with Crippen LogP contribution >= 0.6 is 0 Å². The lowest BCUT2D eigenvalue weighted by Gasteiger charge is -2.20. The van der Waals surface area contributed by atoms with Gasteiger partial charge in [0.15, 0.2) is 5.82 Å². The summed E-state index contributed by atoms with van der Waals surface area (Å²) in [5.74, 6) is -0.203. The molecule has 3 aromatic rings. The van der Waals surface area contributed by atoms with Gasteiger partial charge in [-0.05, 0) is 32.9 Å².